The van der Waals surface area contributed by atoms with E-state index < -0.39 is 0 Å². The van der Waals surface area contributed by atoms with E-state index in [1.807, 2.05) is 0 Å². The van der Waals surface area contributed by atoms with Crippen LogP contribution in [0.4, 0.5) is 0 Å². The fourth-order valence-electron chi connectivity index (χ4n) is 1.89. The van der Waals surface area contributed by atoms with Gasteiger partial charge in [-0.25, -0.2) is 0 Å². The fourth-order valence-corrected chi connectivity index (χ4v) is 1.89. The number of nitrogens with two attached hydrogens (primary N) is 1. The summed E-state index contributed by atoms with van der Waals surface area (Å²) >= 11 is 0. The lowest BCUT2D eigenvalue weighted by Gasteiger charge is -2.02. The van der Waals surface area contributed by atoms with Gasteiger partial charge in [0.1, 0.15) is 0 Å². The third kappa shape index (κ3) is 1.89. The van der Waals surface area contributed by atoms with Crippen molar-refractivity contribution in [2.45, 2.75) is 32.1 Å². The van der Waals surface area contributed by atoms with Gasteiger partial charge in [0.05, 0.1) is 0 Å². The predicted molar refractivity (Wildman–Crippen MR) is 53.6 cm³/mol. The number of hydrogen-bond donors (Lipinski definition) is 1. The Morgan fingerprint density at radius 2 is 2.23 bits per heavy atom. The van der Waals surface area contributed by atoms with Gasteiger partial charge in [0.25, 0.3) is 0 Å². The molecule has 0 unspecified atom stereocenters. The lowest BCUT2D eigenvalue weighted by Crippen LogP contribution is -2.02. The normalized spacial score (nSPS) is 14.5. The maximum Gasteiger partial charge on any atom is 0.0438 e. The van der Waals surface area contributed by atoms with Gasteiger partial charge < -0.3 is 5.73 Å². The van der Waals surface area contributed by atoms with Crippen LogP contribution in [0.15, 0.2) is 12.1 Å². The number of fused-ring (bicyclic) bond motifs is 1. The maximum atomic E-state index is 5.46. The van der Waals surface area contributed by atoms with Crippen molar-refractivity contribution in [1.29, 1.82) is 0 Å². The van der Waals surface area contributed by atoms with Crippen LogP contribution in [0.5, 0.6) is 0 Å². The molecule has 2 rings (SSSR count). The van der Waals surface area contributed by atoms with Crippen molar-refractivity contribution >= 4 is 0 Å². The van der Waals surface area contributed by atoms with E-state index in [4.69, 9.17) is 5.73 Å². The van der Waals surface area contributed by atoms with E-state index in [2.05, 4.69) is 17.1 Å². The fraction of sp³-hybridized carbons (Fsp3) is 0.545. The average molecular weight is 176 g/mol. The van der Waals surface area contributed by atoms with Crippen molar-refractivity contribution in [2.24, 2.45) is 5.73 Å². The van der Waals surface area contributed by atoms with Gasteiger partial charge >= 0.3 is 0 Å². The third-order valence-electron chi connectivity index (χ3n) is 2.62. The summed E-state index contributed by atoms with van der Waals surface area (Å²) in [5, 5.41) is 0. The number of pyridine rings is 1. The van der Waals surface area contributed by atoms with E-state index in [0.29, 0.717) is 0 Å². The summed E-state index contributed by atoms with van der Waals surface area (Å²) in [7, 11) is 0. The molecule has 1 aliphatic carbocycles. The minimum absolute atomic E-state index is 0.763. The zero-order valence-corrected chi connectivity index (χ0v) is 7.92. The molecule has 0 fully saturated rings. The molecule has 2 heteroatoms. The molecule has 13 heavy (non-hydrogen) atoms. The number of aromatic nitrogens is 1. The summed E-state index contributed by atoms with van der Waals surface area (Å²) in [5.41, 5.74) is 9.46. The molecule has 0 aliphatic heterocycles. The lowest BCUT2D eigenvalue weighted by molar-refractivity contribution is 0.801. The van der Waals surface area contributed by atoms with Crippen LogP contribution in [-0.4, -0.2) is 11.5 Å². The monoisotopic (exact) mass is 176 g/mol. The van der Waals surface area contributed by atoms with Crippen molar-refractivity contribution in [1.82, 2.24) is 4.98 Å². The minimum atomic E-state index is 0.763. The topological polar surface area (TPSA) is 38.9 Å². The van der Waals surface area contributed by atoms with Crippen LogP contribution >= 0.6 is 0 Å². The van der Waals surface area contributed by atoms with E-state index >= 15 is 0 Å². The molecule has 0 aromatic carbocycles. The molecule has 1 aromatic heterocycles. The van der Waals surface area contributed by atoms with Crippen LogP contribution in [0.3, 0.4) is 0 Å². The molecule has 0 bridgehead atoms. The zero-order valence-electron chi connectivity index (χ0n) is 7.92. The Hall–Kier alpha value is -0.890. The standard InChI is InChI=1S/C11H16N2/c12-8-2-4-10-7-6-9-3-1-5-11(9)13-10/h6-7H,1-5,8,12H2. The Balaban J connectivity index is 2.12. The molecule has 1 heterocycles. The number of nitrogens with zero attached hydrogens (tertiary/aromatic N) is 1. The number of aryl methyl sites for hydroxylation is 3. The van der Waals surface area contributed by atoms with Gasteiger partial charge in [-0.05, 0) is 50.3 Å². The quantitative estimate of drug-likeness (QED) is 0.757. The van der Waals surface area contributed by atoms with E-state index in [-0.39, 0.29) is 0 Å². The Morgan fingerprint density at radius 3 is 3.08 bits per heavy atom. The van der Waals surface area contributed by atoms with Crippen LogP contribution in [-0.2, 0) is 19.3 Å². The third-order valence-corrected chi connectivity index (χ3v) is 2.62. The van der Waals surface area contributed by atoms with Crippen LogP contribution in [0.1, 0.15) is 29.8 Å². The molecule has 1 aliphatic rings. The van der Waals surface area contributed by atoms with Gasteiger partial charge in [0, 0.05) is 11.4 Å². The largest absolute Gasteiger partial charge is 0.330 e. The van der Waals surface area contributed by atoms with Crippen molar-refractivity contribution in [3.63, 3.8) is 0 Å². The van der Waals surface area contributed by atoms with Gasteiger partial charge in [-0.1, -0.05) is 6.07 Å². The lowest BCUT2D eigenvalue weighted by atomic mass is 10.1. The highest BCUT2D eigenvalue weighted by Crippen LogP contribution is 2.20. The first kappa shape index (κ1) is 8.70. The molecule has 2 nitrogen and oxygen atoms in total. The van der Waals surface area contributed by atoms with Gasteiger partial charge in [-0.2, -0.15) is 0 Å². The number of hydrogen-bond acceptors (Lipinski definition) is 2. The molecular formula is C11H16N2. The second kappa shape index (κ2) is 3.88. The summed E-state index contributed by atoms with van der Waals surface area (Å²) < 4.78 is 0. The first-order valence-corrected chi connectivity index (χ1v) is 5.08. The van der Waals surface area contributed by atoms with Crippen LogP contribution in [0.2, 0.25) is 0 Å². The summed E-state index contributed by atoms with van der Waals surface area (Å²) in [6.45, 7) is 0.763. The van der Waals surface area contributed by atoms with Crippen molar-refractivity contribution in [3.05, 3.63) is 29.1 Å². The van der Waals surface area contributed by atoms with Crippen molar-refractivity contribution in [3.8, 4) is 0 Å². The maximum absolute atomic E-state index is 5.46. The molecule has 70 valence electrons. The Bertz CT molecular complexity index is 294. The van der Waals surface area contributed by atoms with E-state index in [1.54, 1.807) is 0 Å². The molecule has 2 N–H and O–H groups in total. The second-order valence-corrected chi connectivity index (χ2v) is 3.65. The Kier molecular flexibility index (Phi) is 2.60. The molecule has 0 atom stereocenters. The van der Waals surface area contributed by atoms with Gasteiger partial charge in [-0.3, -0.25) is 4.98 Å². The van der Waals surface area contributed by atoms with E-state index in [1.165, 1.54) is 36.2 Å². The highest BCUT2D eigenvalue weighted by atomic mass is 14.7. The summed E-state index contributed by atoms with van der Waals surface area (Å²) in [6, 6.07) is 4.39. The molecule has 0 amide bonds. The molecular weight excluding hydrogens is 160 g/mol. The molecule has 0 saturated carbocycles. The van der Waals surface area contributed by atoms with Gasteiger partial charge in [0.2, 0.25) is 0 Å². The average Bonchev–Trinajstić information content (AvgIpc) is 2.61. The van der Waals surface area contributed by atoms with Crippen LogP contribution < -0.4 is 5.73 Å². The Morgan fingerprint density at radius 1 is 1.31 bits per heavy atom. The number of rotatable bonds is 3. The van der Waals surface area contributed by atoms with Gasteiger partial charge in [0.15, 0.2) is 0 Å². The summed E-state index contributed by atoms with van der Waals surface area (Å²) in [5.74, 6) is 0. The van der Waals surface area contributed by atoms with Crippen molar-refractivity contribution in [2.75, 3.05) is 6.54 Å². The summed E-state index contributed by atoms with van der Waals surface area (Å²) in [6.07, 6.45) is 5.75. The smallest absolute Gasteiger partial charge is 0.0438 e. The Labute approximate surface area is 79.2 Å². The van der Waals surface area contributed by atoms with Crippen LogP contribution in [0.25, 0.3) is 0 Å². The van der Waals surface area contributed by atoms with Crippen LogP contribution in [0, 0.1) is 0 Å². The first-order valence-electron chi connectivity index (χ1n) is 5.08. The van der Waals surface area contributed by atoms with E-state index in [0.717, 1.165) is 19.4 Å². The SMILES string of the molecule is NCCCc1ccc2c(n1)CCC2. The van der Waals surface area contributed by atoms with Crippen molar-refractivity contribution < 1.29 is 0 Å². The van der Waals surface area contributed by atoms with Gasteiger partial charge in [-0.15, -0.1) is 0 Å². The molecule has 0 saturated heterocycles. The highest BCUT2D eigenvalue weighted by molar-refractivity contribution is 5.27. The highest BCUT2D eigenvalue weighted by Gasteiger charge is 2.11. The second-order valence-electron chi connectivity index (χ2n) is 3.65. The molecule has 0 spiro atoms. The zero-order chi connectivity index (χ0) is 9.10. The molecule has 0 radical (unpaired) electrons. The minimum Gasteiger partial charge on any atom is -0.330 e. The first-order chi connectivity index (χ1) is 6.40. The van der Waals surface area contributed by atoms with E-state index in [9.17, 15) is 0 Å². The molecule has 1 aromatic rings. The predicted octanol–water partition coefficient (Wildman–Crippen LogP) is 1.46. The summed E-state index contributed by atoms with van der Waals surface area (Å²) in [4.78, 5) is 4.64.